The summed E-state index contributed by atoms with van der Waals surface area (Å²) in [7, 11) is -10.9. The van der Waals surface area contributed by atoms with E-state index in [4.69, 9.17) is 0 Å². The molecule has 0 aliphatic heterocycles. The first kappa shape index (κ1) is 36.4. The Morgan fingerprint density at radius 2 is 0.930 bits per heavy atom. The van der Waals surface area contributed by atoms with Crippen LogP contribution in [0.4, 0.5) is 39.5 Å². The van der Waals surface area contributed by atoms with Gasteiger partial charge in [-0.25, -0.2) is 16.8 Å². The van der Waals surface area contributed by atoms with Gasteiger partial charge in [0.25, 0.3) is 0 Å². The molecule has 0 saturated carbocycles. The minimum absolute atomic E-state index is 0.0146. The number of rotatable bonds is 10. The van der Waals surface area contributed by atoms with Crippen LogP contribution in [0.3, 0.4) is 0 Å². The Bertz CT molecular complexity index is 1450. The fourth-order valence-corrected chi connectivity index (χ4v) is 8.12. The molecule has 0 atom stereocenters. The van der Waals surface area contributed by atoms with E-state index in [0.717, 1.165) is 14.1 Å². The molecule has 0 unspecified atom stereocenters. The van der Waals surface area contributed by atoms with Gasteiger partial charge < -0.3 is 4.13 Å². The zero-order valence-electron chi connectivity index (χ0n) is 22.0. The second-order valence-corrected chi connectivity index (χ2v) is 14.3. The molecule has 0 saturated heterocycles. The number of hydrogen-bond donors (Lipinski definition) is 0. The SMILES string of the molecule is CN(C)CS(=O)(=O)[N-]S(=O)(=O)C(F)(F)C(F)(F)C(F)(F)C(F)(F)F.c1ccc([S+](c2ccccc2)c2ccccc2)cc1. The van der Waals surface area contributed by atoms with Crippen molar-refractivity contribution < 1.29 is 56.3 Å². The molecule has 0 aromatic heterocycles. The molecule has 3 aromatic rings. The summed E-state index contributed by atoms with van der Waals surface area (Å²) >= 11 is 0. The Hall–Kier alpha value is -2.80. The average Bonchev–Trinajstić information content (AvgIpc) is 2.89. The standard InChI is InChI=1S/C18H15S.C7H8F9N2O4S2/c1-4-10-16(11-5-1)19(17-12-6-2-7-13-17)18-14-8-3-9-15-18;1-18(2)3-23(19,20)17-24(21,22)7(15,16)5(10,11)4(8,9)6(12,13)14/h1-15H;3H2,1-2H3/q+1;-1. The highest BCUT2D eigenvalue weighted by Gasteiger charge is 2.84. The lowest BCUT2D eigenvalue weighted by atomic mass is 10.1. The molecule has 0 radical (unpaired) electrons. The number of benzene rings is 3. The van der Waals surface area contributed by atoms with E-state index in [1.54, 1.807) is 0 Å². The molecule has 0 heterocycles. The summed E-state index contributed by atoms with van der Waals surface area (Å²) in [6.07, 6.45) is -7.25. The summed E-state index contributed by atoms with van der Waals surface area (Å²) in [6.45, 7) is 0. The quantitative estimate of drug-likeness (QED) is 0.175. The van der Waals surface area contributed by atoms with Crippen molar-refractivity contribution in [2.24, 2.45) is 0 Å². The van der Waals surface area contributed by atoms with Gasteiger partial charge in [-0.15, -0.1) is 0 Å². The second kappa shape index (κ2) is 13.5. The maximum absolute atomic E-state index is 13.2. The van der Waals surface area contributed by atoms with Crippen LogP contribution in [0.5, 0.6) is 0 Å². The third-order valence-electron chi connectivity index (χ3n) is 5.01. The normalized spacial score (nSPS) is 13.5. The van der Waals surface area contributed by atoms with Crippen LogP contribution in [-0.4, -0.2) is 65.0 Å². The van der Waals surface area contributed by atoms with Crippen molar-refractivity contribution in [3.8, 4) is 0 Å². The monoisotopic (exact) mass is 682 g/mol. The lowest BCUT2D eigenvalue weighted by molar-refractivity contribution is -0.382. The van der Waals surface area contributed by atoms with Crippen LogP contribution in [0.1, 0.15) is 0 Å². The minimum Gasteiger partial charge on any atom is -0.430 e. The Morgan fingerprint density at radius 3 is 1.21 bits per heavy atom. The number of sulfonamides is 2. The van der Waals surface area contributed by atoms with Crippen molar-refractivity contribution >= 4 is 30.9 Å². The second-order valence-electron chi connectivity index (χ2n) is 8.75. The molecule has 43 heavy (non-hydrogen) atoms. The van der Waals surface area contributed by atoms with Crippen molar-refractivity contribution in [3.63, 3.8) is 0 Å². The molecular formula is C25H23F9N2O4S3. The molecule has 0 fully saturated rings. The van der Waals surface area contributed by atoms with Gasteiger partial charge in [0.05, 0.1) is 26.8 Å². The summed E-state index contributed by atoms with van der Waals surface area (Å²) in [5.74, 6) is -16.4. The van der Waals surface area contributed by atoms with Crippen LogP contribution in [-0.2, 0) is 30.9 Å². The summed E-state index contributed by atoms with van der Waals surface area (Å²) in [6, 6.07) is 32.2. The van der Waals surface area contributed by atoms with Gasteiger partial charge in [-0.2, -0.15) is 39.5 Å². The fraction of sp³-hybridized carbons (Fsp3) is 0.280. The molecule has 0 spiro atoms. The molecule has 0 N–H and O–H groups in total. The predicted molar refractivity (Wildman–Crippen MR) is 142 cm³/mol. The number of hydrogen-bond acceptors (Lipinski definition) is 5. The molecule has 0 aliphatic carbocycles. The fourth-order valence-electron chi connectivity index (χ4n) is 3.15. The Labute approximate surface area is 245 Å². The van der Waals surface area contributed by atoms with Gasteiger partial charge in [-0.05, 0) is 50.5 Å². The van der Waals surface area contributed by atoms with Gasteiger partial charge in [0, 0.05) is 0 Å². The Balaban J connectivity index is 0.000000306. The minimum atomic E-state index is -7.53. The zero-order valence-corrected chi connectivity index (χ0v) is 24.5. The number of halogens is 9. The first-order valence-electron chi connectivity index (χ1n) is 11.5. The van der Waals surface area contributed by atoms with Crippen molar-refractivity contribution in [2.75, 3.05) is 20.0 Å². The van der Waals surface area contributed by atoms with Gasteiger partial charge >= 0.3 is 23.3 Å². The number of alkyl halides is 9. The largest absolute Gasteiger partial charge is 0.460 e. The summed E-state index contributed by atoms with van der Waals surface area (Å²) in [5, 5.41) is -7.17. The maximum Gasteiger partial charge on any atom is 0.460 e. The Kier molecular flexibility index (Phi) is 11.4. The molecule has 0 amide bonds. The van der Waals surface area contributed by atoms with E-state index in [0.29, 0.717) is 4.90 Å². The van der Waals surface area contributed by atoms with Crippen LogP contribution < -0.4 is 0 Å². The van der Waals surface area contributed by atoms with E-state index < -0.39 is 49.2 Å². The summed E-state index contributed by atoms with van der Waals surface area (Å²) in [4.78, 5) is 4.70. The maximum atomic E-state index is 13.2. The van der Waals surface area contributed by atoms with Gasteiger partial charge in [0.1, 0.15) is 0 Å². The molecule has 3 aromatic carbocycles. The van der Waals surface area contributed by atoms with Crippen LogP contribution >= 0.6 is 0 Å². The number of nitrogens with zero attached hydrogens (tertiary/aromatic N) is 2. The van der Waals surface area contributed by atoms with Gasteiger partial charge in [0.15, 0.2) is 24.7 Å². The van der Waals surface area contributed by atoms with E-state index in [9.17, 15) is 56.3 Å². The van der Waals surface area contributed by atoms with E-state index in [1.165, 1.54) is 18.8 Å². The molecule has 0 aliphatic rings. The lowest BCUT2D eigenvalue weighted by Gasteiger charge is -2.36. The topological polar surface area (TPSA) is 85.6 Å². The van der Waals surface area contributed by atoms with Crippen molar-refractivity contribution in [3.05, 3.63) is 95.1 Å². The van der Waals surface area contributed by atoms with Crippen LogP contribution in [0.25, 0.3) is 4.13 Å². The van der Waals surface area contributed by atoms with Crippen molar-refractivity contribution in [1.82, 2.24) is 4.90 Å². The zero-order chi connectivity index (χ0) is 32.9. The third-order valence-corrected chi connectivity index (χ3v) is 10.7. The molecule has 6 nitrogen and oxygen atoms in total. The molecule has 3 rings (SSSR count). The molecule has 238 valence electrons. The third kappa shape index (κ3) is 8.43. The van der Waals surface area contributed by atoms with E-state index in [-0.39, 0.29) is 10.9 Å². The van der Waals surface area contributed by atoms with Crippen LogP contribution in [0.2, 0.25) is 0 Å². The van der Waals surface area contributed by atoms with E-state index in [2.05, 4.69) is 91.0 Å². The molecule has 0 bridgehead atoms. The van der Waals surface area contributed by atoms with Crippen LogP contribution in [0.15, 0.2) is 106 Å². The first-order valence-corrected chi connectivity index (χ1v) is 15.8. The average molecular weight is 683 g/mol. The van der Waals surface area contributed by atoms with Gasteiger partial charge in [-0.1, -0.05) is 54.6 Å². The highest BCUT2D eigenvalue weighted by Crippen LogP contribution is 2.55. The van der Waals surface area contributed by atoms with Crippen molar-refractivity contribution in [1.29, 1.82) is 0 Å². The smallest absolute Gasteiger partial charge is 0.430 e. The van der Waals surface area contributed by atoms with E-state index in [1.807, 2.05) is 0 Å². The highest BCUT2D eigenvalue weighted by molar-refractivity contribution is 8.12. The van der Waals surface area contributed by atoms with Crippen LogP contribution in [0, 0.1) is 0 Å². The van der Waals surface area contributed by atoms with Gasteiger partial charge in [0.2, 0.25) is 0 Å². The van der Waals surface area contributed by atoms with Gasteiger partial charge in [-0.3, -0.25) is 4.90 Å². The molecular weight excluding hydrogens is 659 g/mol. The predicted octanol–water partition coefficient (Wildman–Crippen LogP) is 6.75. The highest BCUT2D eigenvalue weighted by atomic mass is 32.3. The Morgan fingerprint density at radius 1 is 0.605 bits per heavy atom. The van der Waals surface area contributed by atoms with Crippen molar-refractivity contribution in [2.45, 2.75) is 38.0 Å². The summed E-state index contributed by atoms with van der Waals surface area (Å²) < 4.78 is 158. The lowest BCUT2D eigenvalue weighted by Crippen LogP contribution is -2.63. The first-order chi connectivity index (χ1) is 19.6. The molecule has 18 heteroatoms. The summed E-state index contributed by atoms with van der Waals surface area (Å²) in [5.41, 5.74) is 0. The van der Waals surface area contributed by atoms with E-state index >= 15 is 0 Å².